The Kier molecular flexibility index (Phi) is 6.28. The van der Waals surface area contributed by atoms with Crippen LogP contribution in [0.1, 0.15) is 12.7 Å². The van der Waals surface area contributed by atoms with Gasteiger partial charge in [-0.05, 0) is 18.2 Å². The van der Waals surface area contributed by atoms with Crippen molar-refractivity contribution >= 4 is 39.5 Å². The van der Waals surface area contributed by atoms with Gasteiger partial charge in [0.1, 0.15) is 11.3 Å². The molecule has 0 aliphatic carbocycles. The Morgan fingerprint density at radius 1 is 1.06 bits per heavy atom. The van der Waals surface area contributed by atoms with Gasteiger partial charge >= 0.3 is 6.03 Å². The number of para-hydroxylation sites is 2. The van der Waals surface area contributed by atoms with Crippen LogP contribution in [0.2, 0.25) is 0 Å². The number of nitrogens with two attached hydrogens (primary N) is 1. The van der Waals surface area contributed by atoms with Gasteiger partial charge in [0.15, 0.2) is 5.82 Å². The van der Waals surface area contributed by atoms with Crippen molar-refractivity contribution in [1.29, 1.82) is 0 Å². The molecule has 0 aliphatic rings. The number of carbonyl (C=O) groups is 1. The fraction of sp³-hybridized carbons (Fsp3) is 0.261. The number of hydrogen-bond donors (Lipinski definition) is 3. The van der Waals surface area contributed by atoms with E-state index >= 15 is 0 Å². The summed E-state index contributed by atoms with van der Waals surface area (Å²) < 4.78 is 7.92. The molecule has 0 atom stereocenters. The maximum Gasteiger partial charge on any atom is 0.319 e. The van der Waals surface area contributed by atoms with Crippen LogP contribution in [0.4, 0.5) is 16.3 Å². The number of rotatable bonds is 8. The number of anilines is 2. The Labute approximate surface area is 180 Å². The Bertz CT molecular complexity index is 1190. The summed E-state index contributed by atoms with van der Waals surface area (Å²) >= 11 is 0. The zero-order valence-electron chi connectivity index (χ0n) is 17.5. The van der Waals surface area contributed by atoms with Crippen molar-refractivity contribution in [3.05, 3.63) is 60.4 Å². The van der Waals surface area contributed by atoms with Gasteiger partial charge in [0.05, 0.1) is 24.2 Å². The van der Waals surface area contributed by atoms with Gasteiger partial charge in [-0.15, -0.1) is 0 Å². The number of ether oxygens (including phenoxy) is 1. The van der Waals surface area contributed by atoms with E-state index in [0.29, 0.717) is 32.1 Å². The van der Waals surface area contributed by atoms with Crippen LogP contribution in [0, 0.1) is 0 Å². The third kappa shape index (κ3) is 4.59. The zero-order valence-corrected chi connectivity index (χ0v) is 17.5. The third-order valence-corrected chi connectivity index (χ3v) is 5.03. The summed E-state index contributed by atoms with van der Waals surface area (Å²) in [6.45, 7) is 4.05. The van der Waals surface area contributed by atoms with E-state index in [-0.39, 0.29) is 6.03 Å². The van der Waals surface area contributed by atoms with Crippen LogP contribution in [-0.2, 0) is 17.7 Å². The molecular weight excluding hydrogens is 392 g/mol. The molecule has 160 valence electrons. The summed E-state index contributed by atoms with van der Waals surface area (Å²) in [5.41, 5.74) is 9.50. The lowest BCUT2D eigenvalue weighted by atomic mass is 10.2. The predicted octanol–water partition coefficient (Wildman–Crippen LogP) is 3.57. The molecule has 4 N–H and O–H groups in total. The number of hydrogen-bond acceptors (Lipinski definition) is 5. The van der Waals surface area contributed by atoms with Crippen molar-refractivity contribution in [3.8, 4) is 0 Å². The van der Waals surface area contributed by atoms with Crippen molar-refractivity contribution in [3.63, 3.8) is 0 Å². The fourth-order valence-electron chi connectivity index (χ4n) is 3.61. The van der Waals surface area contributed by atoms with Crippen LogP contribution in [0.15, 0.2) is 54.6 Å². The van der Waals surface area contributed by atoms with Crippen LogP contribution >= 0.6 is 0 Å². The molecule has 8 heteroatoms. The number of nitrogens with zero attached hydrogens (tertiary/aromatic N) is 3. The first-order chi connectivity index (χ1) is 15.2. The van der Waals surface area contributed by atoms with Gasteiger partial charge in [0, 0.05) is 30.6 Å². The van der Waals surface area contributed by atoms with Crippen LogP contribution in [-0.4, -0.2) is 40.3 Å². The van der Waals surface area contributed by atoms with Crippen LogP contribution in [0.3, 0.4) is 0 Å². The molecule has 4 rings (SSSR count). The van der Waals surface area contributed by atoms with E-state index in [9.17, 15) is 4.79 Å². The van der Waals surface area contributed by atoms with Gasteiger partial charge in [0.25, 0.3) is 0 Å². The van der Waals surface area contributed by atoms with Crippen LogP contribution in [0.5, 0.6) is 0 Å². The van der Waals surface area contributed by atoms with Gasteiger partial charge in [-0.2, -0.15) is 0 Å². The lowest BCUT2D eigenvalue weighted by Gasteiger charge is -2.11. The molecule has 2 heterocycles. The summed E-state index contributed by atoms with van der Waals surface area (Å²) in [5, 5.41) is 6.59. The summed E-state index contributed by atoms with van der Waals surface area (Å²) in [6.07, 6.45) is 0.781. The van der Waals surface area contributed by atoms with Crippen LogP contribution in [0.25, 0.3) is 21.9 Å². The number of imidazole rings is 1. The molecule has 8 nitrogen and oxygen atoms in total. The molecule has 0 unspecified atom stereocenters. The second-order valence-corrected chi connectivity index (χ2v) is 7.10. The van der Waals surface area contributed by atoms with Crippen molar-refractivity contribution in [2.24, 2.45) is 0 Å². The van der Waals surface area contributed by atoms with Gasteiger partial charge in [-0.1, -0.05) is 43.3 Å². The highest BCUT2D eigenvalue weighted by Crippen LogP contribution is 2.28. The van der Waals surface area contributed by atoms with Gasteiger partial charge in [-0.3, -0.25) is 0 Å². The number of amides is 2. The molecule has 2 aromatic heterocycles. The molecule has 0 aliphatic heterocycles. The number of nitrogens with one attached hydrogen (secondary N) is 2. The average molecular weight is 419 g/mol. The Morgan fingerprint density at radius 2 is 1.84 bits per heavy atom. The maximum atomic E-state index is 11.9. The normalized spacial score (nSPS) is 11.1. The van der Waals surface area contributed by atoms with Gasteiger partial charge < -0.3 is 25.7 Å². The highest BCUT2D eigenvalue weighted by molar-refractivity contribution is 6.06. The molecule has 2 amide bonds. The molecule has 31 heavy (non-hydrogen) atoms. The van der Waals surface area contributed by atoms with E-state index in [1.165, 1.54) is 0 Å². The molecule has 4 aromatic rings. The molecule has 0 fully saturated rings. The topological polar surface area (TPSA) is 107 Å². The average Bonchev–Trinajstić information content (AvgIpc) is 3.16. The number of nitrogen functional groups attached to an aromatic ring is 1. The fourth-order valence-corrected chi connectivity index (χ4v) is 3.61. The number of aryl methyl sites for hydroxylation is 1. The smallest absolute Gasteiger partial charge is 0.319 e. The zero-order chi connectivity index (χ0) is 21.6. The number of fused-ring (bicyclic) bond motifs is 3. The number of benzene rings is 2. The van der Waals surface area contributed by atoms with Crippen molar-refractivity contribution < 1.29 is 9.53 Å². The molecule has 2 aromatic carbocycles. The van der Waals surface area contributed by atoms with Crippen molar-refractivity contribution in [2.75, 3.05) is 30.8 Å². The Balaban J connectivity index is 1.35. The maximum absolute atomic E-state index is 11.9. The first kappa shape index (κ1) is 20.6. The van der Waals surface area contributed by atoms with E-state index in [0.717, 1.165) is 39.9 Å². The Hall–Kier alpha value is -3.65. The summed E-state index contributed by atoms with van der Waals surface area (Å²) in [6, 6.07) is 17.0. The van der Waals surface area contributed by atoms with E-state index in [1.54, 1.807) is 0 Å². The van der Waals surface area contributed by atoms with E-state index < -0.39 is 0 Å². The summed E-state index contributed by atoms with van der Waals surface area (Å²) in [4.78, 5) is 21.1. The minimum Gasteiger partial charge on any atom is -0.382 e. The van der Waals surface area contributed by atoms with Crippen LogP contribution < -0.4 is 16.4 Å². The standard InChI is InChI=1S/C23H26N6O2/c1-2-19-28-20-21(17-10-6-7-11-18(17)27-22(20)24)29(19)13-15-31-14-12-25-23(30)26-16-8-4-3-5-9-16/h3-11H,2,12-15H2,1H3,(H2,24,27)(H2,25,26,30). The Morgan fingerprint density at radius 3 is 2.65 bits per heavy atom. The SMILES string of the molecule is CCc1nc2c(N)nc3ccccc3c2n1CCOCCNC(=O)Nc1ccccc1. The number of carbonyl (C=O) groups excluding carboxylic acids is 1. The molecule has 0 saturated carbocycles. The lowest BCUT2D eigenvalue weighted by molar-refractivity contribution is 0.129. The highest BCUT2D eigenvalue weighted by Gasteiger charge is 2.16. The largest absolute Gasteiger partial charge is 0.382 e. The van der Waals surface area contributed by atoms with Gasteiger partial charge in [-0.25, -0.2) is 14.8 Å². The highest BCUT2D eigenvalue weighted by atomic mass is 16.5. The van der Waals surface area contributed by atoms with E-state index in [1.807, 2.05) is 54.6 Å². The first-order valence-corrected chi connectivity index (χ1v) is 10.4. The lowest BCUT2D eigenvalue weighted by Crippen LogP contribution is -2.31. The minimum atomic E-state index is -0.252. The number of pyridine rings is 1. The van der Waals surface area contributed by atoms with E-state index in [4.69, 9.17) is 15.5 Å². The summed E-state index contributed by atoms with van der Waals surface area (Å²) in [5.74, 6) is 1.39. The predicted molar refractivity (Wildman–Crippen MR) is 123 cm³/mol. The minimum absolute atomic E-state index is 0.252. The van der Waals surface area contributed by atoms with Crippen molar-refractivity contribution in [1.82, 2.24) is 19.9 Å². The third-order valence-electron chi connectivity index (χ3n) is 5.03. The molecule has 0 spiro atoms. The van der Waals surface area contributed by atoms with Crippen molar-refractivity contribution in [2.45, 2.75) is 19.9 Å². The molecule has 0 saturated heterocycles. The monoisotopic (exact) mass is 418 g/mol. The number of urea groups is 1. The van der Waals surface area contributed by atoms with Gasteiger partial charge in [0.2, 0.25) is 0 Å². The molecule has 0 bridgehead atoms. The quantitative estimate of drug-likeness (QED) is 0.379. The molecule has 0 radical (unpaired) electrons. The second-order valence-electron chi connectivity index (χ2n) is 7.10. The second kappa shape index (κ2) is 9.44. The summed E-state index contributed by atoms with van der Waals surface area (Å²) in [7, 11) is 0. The number of aromatic nitrogens is 3. The first-order valence-electron chi connectivity index (χ1n) is 10.4. The van der Waals surface area contributed by atoms with E-state index in [2.05, 4.69) is 27.1 Å². The molecular formula is C23H26N6O2.